The number of likely N-dealkylation sites (N-methyl/N-ethyl adjacent to an activating group) is 1. The van der Waals surface area contributed by atoms with E-state index in [1.54, 1.807) is 0 Å². The fourth-order valence-corrected chi connectivity index (χ4v) is 4.89. The molecular formula is C25H29Cl2N3O3S. The zero-order valence-electron chi connectivity index (χ0n) is 19.3. The van der Waals surface area contributed by atoms with E-state index in [1.807, 2.05) is 79.7 Å². The summed E-state index contributed by atoms with van der Waals surface area (Å²) in [5, 5.41) is 3.09. The number of hydrogen-bond acceptors (Lipinski definition) is 4. The topological polar surface area (TPSA) is 69.7 Å². The van der Waals surface area contributed by atoms with Crippen LogP contribution in [-0.2, 0) is 16.6 Å². The molecule has 1 amide bonds. The van der Waals surface area contributed by atoms with Crippen LogP contribution in [0.25, 0.3) is 0 Å². The van der Waals surface area contributed by atoms with E-state index in [2.05, 4.69) is 5.32 Å². The van der Waals surface area contributed by atoms with Gasteiger partial charge in [-0.05, 0) is 43.4 Å². The minimum atomic E-state index is -3.81. The predicted octanol–water partition coefficient (Wildman–Crippen LogP) is 4.62. The normalized spacial score (nSPS) is 12.3. The maximum absolute atomic E-state index is 13.1. The molecule has 0 heterocycles. The van der Waals surface area contributed by atoms with Gasteiger partial charge in [0, 0.05) is 20.1 Å². The second-order valence-electron chi connectivity index (χ2n) is 7.99. The molecule has 0 saturated carbocycles. The molecule has 9 heteroatoms. The zero-order valence-corrected chi connectivity index (χ0v) is 21.7. The van der Waals surface area contributed by atoms with E-state index in [4.69, 9.17) is 11.6 Å². The minimum Gasteiger partial charge on any atom is -0.350 e. The van der Waals surface area contributed by atoms with Crippen LogP contribution in [0.4, 0.5) is 0 Å². The molecule has 0 aliphatic carbocycles. The van der Waals surface area contributed by atoms with E-state index in [9.17, 15) is 13.2 Å². The number of sulfonamides is 1. The lowest BCUT2D eigenvalue weighted by Gasteiger charge is -2.25. The number of carbonyl (C=O) groups is 1. The van der Waals surface area contributed by atoms with Crippen molar-refractivity contribution in [1.82, 2.24) is 14.5 Å². The Balaban J connectivity index is 0.00000408. The molecule has 0 aliphatic rings. The lowest BCUT2D eigenvalue weighted by Crippen LogP contribution is -2.34. The summed E-state index contributed by atoms with van der Waals surface area (Å²) in [5.41, 5.74) is 2.05. The Hall–Kier alpha value is -2.42. The Morgan fingerprint density at radius 1 is 0.941 bits per heavy atom. The first-order chi connectivity index (χ1) is 15.7. The molecule has 34 heavy (non-hydrogen) atoms. The molecule has 182 valence electrons. The molecule has 0 aliphatic heterocycles. The molecule has 6 nitrogen and oxygen atoms in total. The first kappa shape index (κ1) is 27.8. The summed E-state index contributed by atoms with van der Waals surface area (Å²) in [6.45, 7) is 0.561. The molecule has 3 aromatic carbocycles. The van der Waals surface area contributed by atoms with E-state index < -0.39 is 15.9 Å². The van der Waals surface area contributed by atoms with Crippen molar-refractivity contribution in [2.75, 3.05) is 27.7 Å². The van der Waals surface area contributed by atoms with E-state index in [1.165, 1.54) is 29.6 Å². The molecule has 0 fully saturated rings. The van der Waals surface area contributed by atoms with Crippen molar-refractivity contribution >= 4 is 39.9 Å². The summed E-state index contributed by atoms with van der Waals surface area (Å²) in [5.74, 6) is -0.425. The molecule has 1 unspecified atom stereocenters. The van der Waals surface area contributed by atoms with Crippen LogP contribution in [0.1, 0.15) is 27.5 Å². The maximum atomic E-state index is 13.1. The van der Waals surface area contributed by atoms with Gasteiger partial charge in [0.15, 0.2) is 0 Å². The van der Waals surface area contributed by atoms with Crippen molar-refractivity contribution < 1.29 is 13.2 Å². The average molecular weight is 522 g/mol. The monoisotopic (exact) mass is 521 g/mol. The van der Waals surface area contributed by atoms with Gasteiger partial charge in [0.1, 0.15) is 0 Å². The predicted molar refractivity (Wildman–Crippen MR) is 139 cm³/mol. The van der Waals surface area contributed by atoms with Gasteiger partial charge in [-0.1, -0.05) is 72.3 Å². The summed E-state index contributed by atoms with van der Waals surface area (Å²) in [6, 6.07) is 23.3. The van der Waals surface area contributed by atoms with Crippen molar-refractivity contribution in [3.05, 3.63) is 101 Å². The number of nitrogens with one attached hydrogen (secondary N) is 1. The standard InChI is InChI=1S/C25H28ClN3O3S.ClH/c1-28(2)24(20-12-8-5-9-13-20)17-27-25(30)22-16-21(14-15-23(22)26)33(31,32)29(3)18-19-10-6-4-7-11-19;/h4-16,24H,17-18H2,1-3H3,(H,27,30);1H. The van der Waals surface area contributed by atoms with Gasteiger partial charge in [-0.25, -0.2) is 8.42 Å². The Kier molecular flexibility index (Phi) is 10.1. The molecule has 1 N–H and O–H groups in total. The lowest BCUT2D eigenvalue weighted by atomic mass is 10.1. The van der Waals surface area contributed by atoms with Gasteiger partial charge in [0.05, 0.1) is 21.5 Å². The van der Waals surface area contributed by atoms with Gasteiger partial charge < -0.3 is 10.2 Å². The summed E-state index contributed by atoms with van der Waals surface area (Å²) >= 11 is 6.27. The van der Waals surface area contributed by atoms with Gasteiger partial charge in [0.2, 0.25) is 10.0 Å². The third kappa shape index (κ3) is 6.81. The van der Waals surface area contributed by atoms with Gasteiger partial charge in [-0.2, -0.15) is 4.31 Å². The number of amides is 1. The van der Waals surface area contributed by atoms with E-state index in [0.29, 0.717) is 6.54 Å². The van der Waals surface area contributed by atoms with Crippen LogP contribution in [0.3, 0.4) is 0 Å². The quantitative estimate of drug-likeness (QED) is 0.446. The Morgan fingerprint density at radius 3 is 2.12 bits per heavy atom. The molecule has 0 radical (unpaired) electrons. The third-order valence-corrected chi connectivity index (χ3v) is 7.53. The second-order valence-corrected chi connectivity index (χ2v) is 10.4. The van der Waals surface area contributed by atoms with Crippen LogP contribution < -0.4 is 5.32 Å². The van der Waals surface area contributed by atoms with Crippen molar-refractivity contribution in [3.63, 3.8) is 0 Å². The van der Waals surface area contributed by atoms with E-state index in [0.717, 1.165) is 11.1 Å². The van der Waals surface area contributed by atoms with Crippen LogP contribution in [-0.4, -0.2) is 51.2 Å². The molecule has 0 aromatic heterocycles. The second kappa shape index (κ2) is 12.3. The average Bonchev–Trinajstić information content (AvgIpc) is 2.80. The molecule has 0 bridgehead atoms. The fourth-order valence-electron chi connectivity index (χ4n) is 3.50. The van der Waals surface area contributed by atoms with E-state index >= 15 is 0 Å². The SMILES string of the molecule is CN(C)C(CNC(=O)c1cc(S(=O)(=O)N(C)Cc2ccccc2)ccc1Cl)c1ccccc1.Cl. The van der Waals surface area contributed by atoms with Crippen molar-refractivity contribution in [1.29, 1.82) is 0 Å². The zero-order chi connectivity index (χ0) is 24.0. The fraction of sp³-hybridized carbons (Fsp3) is 0.240. The summed E-state index contributed by atoms with van der Waals surface area (Å²) in [6.07, 6.45) is 0. The molecule has 1 atom stereocenters. The van der Waals surface area contributed by atoms with Gasteiger partial charge in [0.25, 0.3) is 5.91 Å². The smallest absolute Gasteiger partial charge is 0.252 e. The third-order valence-electron chi connectivity index (χ3n) is 5.40. The number of carbonyl (C=O) groups excluding carboxylic acids is 1. The summed E-state index contributed by atoms with van der Waals surface area (Å²) in [7, 11) is 1.58. The number of halogens is 2. The Labute approximate surface area is 213 Å². The summed E-state index contributed by atoms with van der Waals surface area (Å²) < 4.78 is 27.5. The maximum Gasteiger partial charge on any atom is 0.252 e. The number of nitrogens with zero attached hydrogens (tertiary/aromatic N) is 2. The van der Waals surface area contributed by atoms with Gasteiger partial charge >= 0.3 is 0 Å². The first-order valence-electron chi connectivity index (χ1n) is 10.5. The highest BCUT2D eigenvalue weighted by atomic mass is 35.5. The highest BCUT2D eigenvalue weighted by Gasteiger charge is 2.24. The first-order valence-corrected chi connectivity index (χ1v) is 12.3. The number of benzene rings is 3. The van der Waals surface area contributed by atoms with Crippen LogP contribution in [0.2, 0.25) is 5.02 Å². The summed E-state index contributed by atoms with van der Waals surface area (Å²) in [4.78, 5) is 15.0. The molecular weight excluding hydrogens is 493 g/mol. The Bertz CT molecular complexity index is 1190. The number of rotatable bonds is 9. The number of hydrogen-bond donors (Lipinski definition) is 1. The molecule has 0 spiro atoms. The van der Waals surface area contributed by atoms with Crippen molar-refractivity contribution in [2.45, 2.75) is 17.5 Å². The Morgan fingerprint density at radius 2 is 1.53 bits per heavy atom. The minimum absolute atomic E-state index is 0. The highest BCUT2D eigenvalue weighted by Crippen LogP contribution is 2.24. The van der Waals surface area contributed by atoms with Crippen LogP contribution in [0.5, 0.6) is 0 Å². The molecule has 3 aromatic rings. The van der Waals surface area contributed by atoms with Gasteiger partial charge in [-0.3, -0.25) is 4.79 Å². The van der Waals surface area contributed by atoms with E-state index in [-0.39, 0.29) is 40.5 Å². The van der Waals surface area contributed by atoms with Gasteiger partial charge in [-0.15, -0.1) is 12.4 Å². The van der Waals surface area contributed by atoms with Crippen molar-refractivity contribution in [3.8, 4) is 0 Å². The van der Waals surface area contributed by atoms with Crippen molar-refractivity contribution in [2.24, 2.45) is 0 Å². The highest BCUT2D eigenvalue weighted by molar-refractivity contribution is 7.89. The largest absolute Gasteiger partial charge is 0.350 e. The molecule has 0 saturated heterocycles. The van der Waals surface area contributed by atoms with Crippen LogP contribution in [0, 0.1) is 0 Å². The van der Waals surface area contributed by atoms with Crippen LogP contribution in [0.15, 0.2) is 83.8 Å². The molecule has 3 rings (SSSR count). The van der Waals surface area contributed by atoms with Crippen LogP contribution >= 0.6 is 24.0 Å². The lowest BCUT2D eigenvalue weighted by molar-refractivity contribution is 0.0942.